The summed E-state index contributed by atoms with van der Waals surface area (Å²) in [4.78, 5) is 11.3. The lowest BCUT2D eigenvalue weighted by Gasteiger charge is -2.23. The molecule has 3 aromatic rings. The first-order valence-corrected chi connectivity index (χ1v) is 11.8. The number of hydrogen-bond acceptors (Lipinski definition) is 5. The minimum absolute atomic E-state index is 0.0643. The molecule has 0 spiro atoms. The number of rotatable bonds is 6. The number of nitriles is 1. The van der Waals surface area contributed by atoms with Crippen LogP contribution in [0.1, 0.15) is 36.1 Å². The highest BCUT2D eigenvalue weighted by atomic mass is 35.5. The number of nitrogens with two attached hydrogens (primary N) is 2. The van der Waals surface area contributed by atoms with E-state index in [2.05, 4.69) is 19.9 Å². The van der Waals surface area contributed by atoms with Crippen LogP contribution < -0.4 is 16.2 Å². The number of methoxy groups -OCH3 is 1. The summed E-state index contributed by atoms with van der Waals surface area (Å²) in [6.07, 6.45) is 1.86. The van der Waals surface area contributed by atoms with Crippen molar-refractivity contribution in [1.29, 1.82) is 5.26 Å². The summed E-state index contributed by atoms with van der Waals surface area (Å²) < 4.78 is 10.5. The Morgan fingerprint density at radius 2 is 1.78 bits per heavy atom. The van der Waals surface area contributed by atoms with E-state index in [0.717, 1.165) is 11.1 Å². The maximum absolute atomic E-state index is 11.3. The fraction of sp³-hybridized carbons (Fsp3) is 0.241. The third kappa shape index (κ3) is 5.77. The molecule has 0 bridgehead atoms. The molecule has 186 valence electrons. The Labute approximate surface area is 217 Å². The second kappa shape index (κ2) is 11.4. The Kier molecular flexibility index (Phi) is 8.54. The van der Waals surface area contributed by atoms with Crippen molar-refractivity contribution in [3.63, 3.8) is 0 Å². The summed E-state index contributed by atoms with van der Waals surface area (Å²) >= 11 is 5.88. The number of carbonyl (C=O) groups excluding carboxylic acids is 1. The van der Waals surface area contributed by atoms with Crippen molar-refractivity contribution in [2.24, 2.45) is 11.5 Å². The van der Waals surface area contributed by atoms with E-state index >= 15 is 0 Å². The number of fused-ring (bicyclic) bond motifs is 1. The third-order valence-electron chi connectivity index (χ3n) is 6.29. The predicted octanol–water partition coefficient (Wildman–Crippen LogP) is 5.05. The number of nitrogens with zero attached hydrogens (tertiary/aromatic N) is 1. The number of primary amides is 1. The highest BCUT2D eigenvalue weighted by Crippen LogP contribution is 2.38. The molecular weight excluding hydrogens is 474 g/mol. The van der Waals surface area contributed by atoms with Gasteiger partial charge in [0.05, 0.1) is 11.6 Å². The van der Waals surface area contributed by atoms with Crippen LogP contribution in [0.25, 0.3) is 11.6 Å². The summed E-state index contributed by atoms with van der Waals surface area (Å²) in [6.45, 7) is 4.95. The summed E-state index contributed by atoms with van der Waals surface area (Å²) in [6, 6.07) is 24.9. The van der Waals surface area contributed by atoms with Crippen molar-refractivity contribution in [1.82, 2.24) is 0 Å². The number of para-hydroxylation sites is 1. The first-order chi connectivity index (χ1) is 17.2. The zero-order valence-corrected chi connectivity index (χ0v) is 21.4. The zero-order valence-electron chi connectivity index (χ0n) is 20.6. The SMILES string of the molecule is CC(C)(CN)c1ccc(/C(C#N)=C/c2ccc(Cl)cc2)cc1.COC1(C(N)=O)COc2ccccc21. The molecule has 0 fully saturated rings. The Bertz CT molecular complexity index is 1280. The van der Waals surface area contributed by atoms with E-state index in [1.165, 1.54) is 12.7 Å². The zero-order chi connectivity index (χ0) is 26.3. The Morgan fingerprint density at radius 1 is 1.14 bits per heavy atom. The molecule has 0 aliphatic carbocycles. The van der Waals surface area contributed by atoms with Crippen LogP contribution in [0.5, 0.6) is 5.75 Å². The van der Waals surface area contributed by atoms with E-state index < -0.39 is 11.5 Å². The number of amides is 1. The maximum Gasteiger partial charge on any atom is 0.258 e. The number of ether oxygens (including phenoxy) is 2. The molecule has 1 atom stereocenters. The van der Waals surface area contributed by atoms with Crippen LogP contribution in [0.2, 0.25) is 5.02 Å². The minimum atomic E-state index is -1.11. The summed E-state index contributed by atoms with van der Waals surface area (Å²) in [5.74, 6) is 0.137. The van der Waals surface area contributed by atoms with E-state index in [-0.39, 0.29) is 12.0 Å². The number of carbonyl (C=O) groups is 1. The van der Waals surface area contributed by atoms with Crippen molar-refractivity contribution in [3.05, 3.63) is 100 Å². The average Bonchev–Trinajstić information content (AvgIpc) is 3.29. The maximum atomic E-state index is 11.3. The molecule has 1 aliphatic rings. The number of benzene rings is 3. The van der Waals surface area contributed by atoms with E-state index in [0.29, 0.717) is 28.5 Å². The summed E-state index contributed by atoms with van der Waals surface area (Å²) in [5.41, 5.74) is 14.3. The topological polar surface area (TPSA) is 111 Å². The van der Waals surface area contributed by atoms with Crippen molar-refractivity contribution in [2.45, 2.75) is 24.9 Å². The summed E-state index contributed by atoms with van der Waals surface area (Å²) in [7, 11) is 1.45. The van der Waals surface area contributed by atoms with Gasteiger partial charge in [-0.2, -0.15) is 5.26 Å². The lowest BCUT2D eigenvalue weighted by Crippen LogP contribution is -2.44. The van der Waals surface area contributed by atoms with Crippen LogP contribution in [0.3, 0.4) is 0 Å². The van der Waals surface area contributed by atoms with E-state index in [4.69, 9.17) is 32.5 Å². The van der Waals surface area contributed by atoms with Crippen LogP contribution >= 0.6 is 11.6 Å². The van der Waals surface area contributed by atoms with Gasteiger partial charge in [0.2, 0.25) is 5.60 Å². The van der Waals surface area contributed by atoms with Gasteiger partial charge in [0.15, 0.2) is 0 Å². The minimum Gasteiger partial charge on any atom is -0.489 e. The molecular formula is C29H30ClN3O3. The fourth-order valence-corrected chi connectivity index (χ4v) is 3.91. The largest absolute Gasteiger partial charge is 0.489 e. The van der Waals surface area contributed by atoms with E-state index in [1.807, 2.05) is 66.7 Å². The van der Waals surface area contributed by atoms with Crippen LogP contribution in [0.4, 0.5) is 0 Å². The lowest BCUT2D eigenvalue weighted by atomic mass is 9.84. The highest BCUT2D eigenvalue weighted by molar-refractivity contribution is 6.30. The number of allylic oxidation sites excluding steroid dienone is 1. The predicted molar refractivity (Wildman–Crippen MR) is 143 cm³/mol. The van der Waals surface area contributed by atoms with Gasteiger partial charge in [-0.15, -0.1) is 0 Å². The Hall–Kier alpha value is -3.63. The number of halogens is 1. The molecule has 0 aromatic heterocycles. The smallest absolute Gasteiger partial charge is 0.258 e. The van der Waals surface area contributed by atoms with Gasteiger partial charge < -0.3 is 20.9 Å². The normalized spacial score (nSPS) is 16.7. The molecule has 4 rings (SSSR count). The molecule has 36 heavy (non-hydrogen) atoms. The van der Waals surface area contributed by atoms with Crippen LogP contribution in [-0.2, 0) is 20.5 Å². The van der Waals surface area contributed by atoms with Gasteiger partial charge in [-0.1, -0.05) is 80.0 Å². The van der Waals surface area contributed by atoms with Gasteiger partial charge in [-0.05, 0) is 41.0 Å². The van der Waals surface area contributed by atoms with Crippen molar-refractivity contribution in [2.75, 3.05) is 20.3 Å². The van der Waals surface area contributed by atoms with E-state index in [9.17, 15) is 10.1 Å². The standard InChI is InChI=1S/C19H19ClN2.C10H11NO3/c1-19(2,13-22)17-7-5-15(6-8-17)16(12-21)11-14-3-9-18(20)10-4-14;1-13-10(9(11)12)6-14-8-5-3-2-4-7(8)10/h3-11H,13,22H2,1-2H3;2-5H,6H2,1H3,(H2,11,12)/b16-11+;. The molecule has 6 nitrogen and oxygen atoms in total. The van der Waals surface area contributed by atoms with Crippen molar-refractivity contribution in [3.8, 4) is 11.8 Å². The average molecular weight is 504 g/mol. The molecule has 3 aromatic carbocycles. The lowest BCUT2D eigenvalue weighted by molar-refractivity contribution is -0.142. The van der Waals surface area contributed by atoms with Crippen molar-refractivity contribution >= 4 is 29.2 Å². The molecule has 0 saturated heterocycles. The molecule has 4 N–H and O–H groups in total. The highest BCUT2D eigenvalue weighted by Gasteiger charge is 2.46. The molecule has 1 heterocycles. The Balaban J connectivity index is 0.000000221. The van der Waals surface area contributed by atoms with Gasteiger partial charge in [-0.3, -0.25) is 4.79 Å². The van der Waals surface area contributed by atoms with Crippen LogP contribution in [-0.4, -0.2) is 26.2 Å². The second-order valence-electron chi connectivity index (χ2n) is 9.07. The van der Waals surface area contributed by atoms with Gasteiger partial charge in [0, 0.05) is 29.7 Å². The monoisotopic (exact) mass is 503 g/mol. The van der Waals surface area contributed by atoms with Gasteiger partial charge in [-0.25, -0.2) is 0 Å². The first kappa shape index (κ1) is 27.0. The fourth-order valence-electron chi connectivity index (χ4n) is 3.78. The molecule has 0 radical (unpaired) electrons. The molecule has 0 saturated carbocycles. The van der Waals surface area contributed by atoms with Crippen molar-refractivity contribution < 1.29 is 14.3 Å². The molecule has 1 aliphatic heterocycles. The van der Waals surface area contributed by atoms with Crippen LogP contribution in [0.15, 0.2) is 72.8 Å². The van der Waals surface area contributed by atoms with Gasteiger partial charge in [0.1, 0.15) is 12.4 Å². The van der Waals surface area contributed by atoms with Gasteiger partial charge >= 0.3 is 0 Å². The molecule has 1 unspecified atom stereocenters. The third-order valence-corrected chi connectivity index (χ3v) is 6.54. The number of hydrogen-bond donors (Lipinski definition) is 2. The van der Waals surface area contributed by atoms with Crippen LogP contribution in [0, 0.1) is 11.3 Å². The second-order valence-corrected chi connectivity index (χ2v) is 9.50. The first-order valence-electron chi connectivity index (χ1n) is 11.4. The quantitative estimate of drug-likeness (QED) is 0.361. The molecule has 1 amide bonds. The summed E-state index contributed by atoms with van der Waals surface area (Å²) in [5, 5.41) is 10.1. The Morgan fingerprint density at radius 3 is 2.33 bits per heavy atom. The van der Waals surface area contributed by atoms with E-state index in [1.54, 1.807) is 12.1 Å². The van der Waals surface area contributed by atoms with Gasteiger partial charge in [0.25, 0.3) is 5.91 Å². The molecule has 7 heteroatoms.